The number of amides is 1. The molecule has 4 rings (SSSR count). The number of rotatable bonds is 6. The van der Waals surface area contributed by atoms with E-state index in [1.54, 1.807) is 48.8 Å². The summed E-state index contributed by atoms with van der Waals surface area (Å²) in [5, 5.41) is 3.85. The van der Waals surface area contributed by atoms with Gasteiger partial charge in [-0.15, -0.1) is 11.3 Å². The Morgan fingerprint density at radius 1 is 1.06 bits per heavy atom. The summed E-state index contributed by atoms with van der Waals surface area (Å²) in [7, 11) is -2.15. The number of nitrogens with zero attached hydrogens (tertiary/aromatic N) is 1. The first-order valence-electron chi connectivity index (χ1n) is 9.49. The number of aryl methyl sites for hydroxylation is 1. The predicted octanol–water partition coefficient (Wildman–Crippen LogP) is 4.38. The van der Waals surface area contributed by atoms with Crippen LogP contribution >= 0.6 is 11.3 Å². The van der Waals surface area contributed by atoms with Crippen molar-refractivity contribution >= 4 is 37.2 Å². The Hall–Kier alpha value is -3.23. The molecule has 0 saturated carbocycles. The zero-order valence-electron chi connectivity index (χ0n) is 17.0. The summed E-state index contributed by atoms with van der Waals surface area (Å²) >= 11 is 1.38. The van der Waals surface area contributed by atoms with Crippen LogP contribution in [-0.4, -0.2) is 26.4 Å². The molecule has 1 N–H and O–H groups in total. The maximum absolute atomic E-state index is 12.9. The number of thiophene rings is 1. The number of aromatic nitrogens is 1. The van der Waals surface area contributed by atoms with Crippen molar-refractivity contribution in [3.05, 3.63) is 83.0 Å². The van der Waals surface area contributed by atoms with Crippen molar-refractivity contribution in [2.24, 2.45) is 0 Å². The van der Waals surface area contributed by atoms with Crippen molar-refractivity contribution in [1.82, 2.24) is 10.3 Å². The SMILES string of the molecule is COc1cc(S(=O)(=O)c2ccc(CNC(=O)c3cc4ccncc4s3)cc2)ccc1C. The largest absolute Gasteiger partial charge is 0.496 e. The lowest BCUT2D eigenvalue weighted by Gasteiger charge is -2.10. The number of ether oxygens (including phenoxy) is 1. The molecule has 1 amide bonds. The van der Waals surface area contributed by atoms with E-state index in [4.69, 9.17) is 4.74 Å². The minimum atomic E-state index is -3.67. The highest BCUT2D eigenvalue weighted by molar-refractivity contribution is 7.91. The van der Waals surface area contributed by atoms with Crippen molar-refractivity contribution in [2.45, 2.75) is 23.3 Å². The highest BCUT2D eigenvalue weighted by Gasteiger charge is 2.19. The first kappa shape index (κ1) is 21.0. The van der Waals surface area contributed by atoms with Gasteiger partial charge in [0.15, 0.2) is 0 Å². The number of pyridine rings is 1. The fourth-order valence-electron chi connectivity index (χ4n) is 3.16. The maximum atomic E-state index is 12.9. The molecule has 0 aliphatic carbocycles. The monoisotopic (exact) mass is 452 g/mol. The van der Waals surface area contributed by atoms with Crippen molar-refractivity contribution in [2.75, 3.05) is 7.11 Å². The lowest BCUT2D eigenvalue weighted by molar-refractivity contribution is 0.0955. The zero-order valence-corrected chi connectivity index (χ0v) is 18.6. The predicted molar refractivity (Wildman–Crippen MR) is 120 cm³/mol. The summed E-state index contributed by atoms with van der Waals surface area (Å²) in [5.41, 5.74) is 1.67. The lowest BCUT2D eigenvalue weighted by Crippen LogP contribution is -2.21. The van der Waals surface area contributed by atoms with Crippen LogP contribution in [0.1, 0.15) is 20.8 Å². The van der Waals surface area contributed by atoms with Gasteiger partial charge in [0.1, 0.15) is 5.75 Å². The quantitative estimate of drug-likeness (QED) is 0.469. The van der Waals surface area contributed by atoms with Gasteiger partial charge in [0, 0.05) is 18.9 Å². The van der Waals surface area contributed by atoms with Crippen molar-refractivity contribution in [3.8, 4) is 5.75 Å². The van der Waals surface area contributed by atoms with Crippen LogP contribution in [0.5, 0.6) is 5.75 Å². The van der Waals surface area contributed by atoms with Gasteiger partial charge >= 0.3 is 0 Å². The summed E-state index contributed by atoms with van der Waals surface area (Å²) in [5.74, 6) is 0.349. The molecule has 0 atom stereocenters. The third kappa shape index (κ3) is 4.30. The number of hydrogen-bond donors (Lipinski definition) is 1. The first-order valence-corrected chi connectivity index (χ1v) is 11.8. The topological polar surface area (TPSA) is 85.4 Å². The molecular formula is C23H20N2O4S2. The third-order valence-electron chi connectivity index (χ3n) is 4.92. The Kier molecular flexibility index (Phi) is 5.75. The third-order valence-corrected chi connectivity index (χ3v) is 7.77. The Morgan fingerprint density at radius 2 is 1.81 bits per heavy atom. The summed E-state index contributed by atoms with van der Waals surface area (Å²) in [4.78, 5) is 17.5. The number of carbonyl (C=O) groups is 1. The molecule has 0 aliphatic heterocycles. The summed E-state index contributed by atoms with van der Waals surface area (Å²) in [6, 6.07) is 15.0. The molecule has 8 heteroatoms. The number of sulfone groups is 1. The van der Waals surface area contributed by atoms with Gasteiger partial charge in [0.25, 0.3) is 5.91 Å². The second kappa shape index (κ2) is 8.49. The molecule has 0 aliphatic rings. The number of nitrogens with one attached hydrogen (secondary N) is 1. The number of fused-ring (bicyclic) bond motifs is 1. The summed E-state index contributed by atoms with van der Waals surface area (Å²) < 4.78 is 32.1. The average molecular weight is 453 g/mol. The normalized spacial score (nSPS) is 11.4. The minimum absolute atomic E-state index is 0.176. The van der Waals surface area contributed by atoms with Gasteiger partial charge in [-0.25, -0.2) is 8.42 Å². The molecule has 0 radical (unpaired) electrons. The lowest BCUT2D eigenvalue weighted by atomic mass is 10.2. The Labute approximate surface area is 184 Å². The van der Waals surface area contributed by atoms with Crippen LogP contribution in [0.25, 0.3) is 10.1 Å². The second-order valence-corrected chi connectivity index (χ2v) is 10.0. The molecule has 2 aromatic carbocycles. The van der Waals surface area contributed by atoms with E-state index in [-0.39, 0.29) is 15.7 Å². The van der Waals surface area contributed by atoms with Crippen LogP contribution in [0.4, 0.5) is 0 Å². The fraction of sp³-hybridized carbons (Fsp3) is 0.130. The zero-order chi connectivity index (χ0) is 22.0. The van der Waals surface area contributed by atoms with Gasteiger partial charge in [0.2, 0.25) is 9.84 Å². The molecule has 0 spiro atoms. The van der Waals surface area contributed by atoms with E-state index < -0.39 is 9.84 Å². The highest BCUT2D eigenvalue weighted by Crippen LogP contribution is 2.27. The Balaban J connectivity index is 1.47. The molecule has 158 valence electrons. The van der Waals surface area contributed by atoms with Gasteiger partial charge in [-0.2, -0.15) is 0 Å². The van der Waals surface area contributed by atoms with E-state index in [9.17, 15) is 13.2 Å². The molecule has 0 unspecified atom stereocenters. The summed E-state index contributed by atoms with van der Waals surface area (Å²) in [6.07, 6.45) is 3.43. The Bertz CT molecular complexity index is 1330. The molecule has 2 aromatic heterocycles. The molecular weight excluding hydrogens is 432 g/mol. The maximum Gasteiger partial charge on any atom is 0.261 e. The summed E-state index contributed by atoms with van der Waals surface area (Å²) in [6.45, 7) is 2.15. The number of hydrogen-bond acceptors (Lipinski definition) is 6. The van der Waals surface area contributed by atoms with E-state index in [0.29, 0.717) is 17.2 Å². The van der Waals surface area contributed by atoms with Crippen LogP contribution in [0, 0.1) is 6.92 Å². The molecule has 0 saturated heterocycles. The van der Waals surface area contributed by atoms with E-state index in [1.807, 2.05) is 19.1 Å². The highest BCUT2D eigenvalue weighted by atomic mass is 32.2. The van der Waals surface area contributed by atoms with E-state index in [1.165, 1.54) is 24.5 Å². The van der Waals surface area contributed by atoms with Gasteiger partial charge < -0.3 is 10.1 Å². The van der Waals surface area contributed by atoms with E-state index >= 15 is 0 Å². The number of methoxy groups -OCH3 is 1. The smallest absolute Gasteiger partial charge is 0.261 e. The standard InChI is InChI=1S/C23H20N2O4S2/c1-15-3-6-19(12-20(15)29-2)31(27,28)18-7-4-16(5-8-18)13-25-23(26)21-11-17-9-10-24-14-22(17)30-21/h3-12,14H,13H2,1-2H3,(H,25,26). The van der Waals surface area contributed by atoms with Crippen LogP contribution in [0.2, 0.25) is 0 Å². The van der Waals surface area contributed by atoms with Crippen molar-refractivity contribution < 1.29 is 17.9 Å². The van der Waals surface area contributed by atoms with E-state index in [2.05, 4.69) is 10.3 Å². The van der Waals surface area contributed by atoms with Gasteiger partial charge in [-0.3, -0.25) is 9.78 Å². The van der Waals surface area contributed by atoms with Crippen molar-refractivity contribution in [3.63, 3.8) is 0 Å². The number of benzene rings is 2. The van der Waals surface area contributed by atoms with Crippen LogP contribution in [0.15, 0.2) is 76.8 Å². The van der Waals surface area contributed by atoms with Gasteiger partial charge in [0.05, 0.1) is 26.5 Å². The minimum Gasteiger partial charge on any atom is -0.496 e. The van der Waals surface area contributed by atoms with Gasteiger partial charge in [-0.05, 0) is 59.8 Å². The Morgan fingerprint density at radius 3 is 2.52 bits per heavy atom. The van der Waals surface area contributed by atoms with Crippen LogP contribution in [-0.2, 0) is 16.4 Å². The fourth-order valence-corrected chi connectivity index (χ4v) is 5.38. The molecule has 31 heavy (non-hydrogen) atoms. The molecule has 4 aromatic rings. The molecule has 0 bridgehead atoms. The molecule has 0 fully saturated rings. The first-order chi connectivity index (χ1) is 14.9. The van der Waals surface area contributed by atoms with Gasteiger partial charge in [-0.1, -0.05) is 18.2 Å². The second-order valence-electron chi connectivity index (χ2n) is 6.99. The van der Waals surface area contributed by atoms with E-state index in [0.717, 1.165) is 21.2 Å². The molecule has 6 nitrogen and oxygen atoms in total. The van der Waals surface area contributed by atoms with Crippen LogP contribution in [0.3, 0.4) is 0 Å². The van der Waals surface area contributed by atoms with Crippen LogP contribution < -0.4 is 10.1 Å². The number of carbonyl (C=O) groups excluding carboxylic acids is 1. The van der Waals surface area contributed by atoms with Crippen molar-refractivity contribution in [1.29, 1.82) is 0 Å². The molecule has 2 heterocycles. The average Bonchev–Trinajstić information content (AvgIpc) is 3.22.